The minimum atomic E-state index is -3.51. The number of sulfone groups is 1. The monoisotopic (exact) mass is 426 g/mol. The van der Waals surface area contributed by atoms with Crippen molar-refractivity contribution in [3.63, 3.8) is 0 Å². The Labute approximate surface area is 152 Å². The van der Waals surface area contributed by atoms with Crippen LogP contribution in [0.5, 0.6) is 0 Å². The fourth-order valence-corrected chi connectivity index (χ4v) is 3.72. The number of hydrogen-bond donors (Lipinski definition) is 2. The molecule has 0 saturated heterocycles. The van der Waals surface area contributed by atoms with Crippen molar-refractivity contribution in [2.45, 2.75) is 38.0 Å². The lowest BCUT2D eigenvalue weighted by Gasteiger charge is -2.31. The van der Waals surface area contributed by atoms with Gasteiger partial charge in [0.2, 0.25) is 5.91 Å². The Hall–Kier alpha value is -0.630. The van der Waals surface area contributed by atoms with Gasteiger partial charge in [0.25, 0.3) is 0 Å². The lowest BCUT2D eigenvalue weighted by Crippen LogP contribution is -2.54. The zero-order valence-electron chi connectivity index (χ0n) is 13.3. The van der Waals surface area contributed by atoms with Gasteiger partial charge in [0, 0.05) is 11.0 Å². The van der Waals surface area contributed by atoms with E-state index in [9.17, 15) is 13.2 Å². The van der Waals surface area contributed by atoms with Gasteiger partial charge >= 0.3 is 0 Å². The molecule has 0 unspecified atom stereocenters. The van der Waals surface area contributed by atoms with E-state index >= 15 is 0 Å². The molecule has 0 saturated carbocycles. The molecular weight excluding hydrogens is 404 g/mol. The van der Waals surface area contributed by atoms with Crippen LogP contribution in [0.3, 0.4) is 0 Å². The van der Waals surface area contributed by atoms with E-state index in [0.29, 0.717) is 24.9 Å². The minimum absolute atomic E-state index is 0. The molecule has 0 aliphatic rings. The second-order valence-electron chi connectivity index (χ2n) is 5.40. The molecule has 0 aliphatic carbocycles. The lowest BCUT2D eigenvalue weighted by atomic mass is 9.93. The number of carbonyl (C=O) groups is 1. The molecule has 1 aromatic carbocycles. The maximum absolute atomic E-state index is 12.1. The van der Waals surface area contributed by atoms with Crippen molar-refractivity contribution < 1.29 is 13.2 Å². The van der Waals surface area contributed by atoms with Gasteiger partial charge in [-0.3, -0.25) is 4.79 Å². The zero-order valence-corrected chi connectivity index (χ0v) is 16.6. The fraction of sp³-hybridized carbons (Fsp3) is 0.533. The molecule has 0 fully saturated rings. The van der Waals surface area contributed by atoms with Gasteiger partial charge in [-0.2, -0.15) is 0 Å². The zero-order chi connectivity index (χ0) is 16.8. The lowest BCUT2D eigenvalue weighted by molar-refractivity contribution is -0.120. The standard InChI is InChI=1S/C15H23BrN2O3S.ClH/c1-3-15(4-2,11-17)18-14(19)10-22(20,21)9-12-5-7-13(16)8-6-12;/h5-8H,3-4,9-11,17H2,1-2H3,(H,18,19);1H. The highest BCUT2D eigenvalue weighted by atomic mass is 79.9. The van der Waals surface area contributed by atoms with Crippen LogP contribution in [0.4, 0.5) is 0 Å². The van der Waals surface area contributed by atoms with Crippen LogP contribution in [0, 0.1) is 0 Å². The Morgan fingerprint density at radius 2 is 1.74 bits per heavy atom. The van der Waals surface area contributed by atoms with Crippen molar-refractivity contribution in [2.75, 3.05) is 12.3 Å². The second kappa shape index (κ2) is 9.61. The Morgan fingerprint density at radius 3 is 2.17 bits per heavy atom. The van der Waals surface area contributed by atoms with Crippen LogP contribution in [0.1, 0.15) is 32.3 Å². The Kier molecular flexibility index (Phi) is 9.35. The largest absolute Gasteiger partial charge is 0.349 e. The molecule has 0 aromatic heterocycles. The summed E-state index contributed by atoms with van der Waals surface area (Å²) in [7, 11) is -3.51. The van der Waals surface area contributed by atoms with E-state index in [1.165, 1.54) is 0 Å². The number of amides is 1. The predicted octanol–water partition coefficient (Wildman–Crippen LogP) is 2.42. The SMILES string of the molecule is CCC(CC)(CN)NC(=O)CS(=O)(=O)Cc1ccc(Br)cc1.Cl. The molecule has 8 heteroatoms. The summed E-state index contributed by atoms with van der Waals surface area (Å²) in [5.41, 5.74) is 5.85. The molecule has 0 atom stereocenters. The van der Waals surface area contributed by atoms with Gasteiger partial charge in [0.15, 0.2) is 9.84 Å². The highest BCUT2D eigenvalue weighted by molar-refractivity contribution is 9.10. The molecule has 1 rings (SSSR count). The van der Waals surface area contributed by atoms with Crippen molar-refractivity contribution in [2.24, 2.45) is 5.73 Å². The van der Waals surface area contributed by atoms with E-state index in [-0.39, 0.29) is 18.2 Å². The van der Waals surface area contributed by atoms with E-state index in [4.69, 9.17) is 5.73 Å². The molecule has 0 bridgehead atoms. The highest BCUT2D eigenvalue weighted by Gasteiger charge is 2.28. The van der Waals surface area contributed by atoms with Crippen molar-refractivity contribution in [1.29, 1.82) is 0 Å². The van der Waals surface area contributed by atoms with Crippen LogP contribution in [-0.2, 0) is 20.4 Å². The number of halogens is 2. The summed E-state index contributed by atoms with van der Waals surface area (Å²) in [5, 5.41) is 2.78. The first-order chi connectivity index (χ1) is 10.3. The van der Waals surface area contributed by atoms with Gasteiger partial charge in [-0.25, -0.2) is 8.42 Å². The molecule has 0 spiro atoms. The molecule has 1 aromatic rings. The normalized spacial score (nSPS) is 11.7. The van der Waals surface area contributed by atoms with Gasteiger partial charge in [-0.15, -0.1) is 12.4 Å². The first kappa shape index (κ1) is 22.4. The van der Waals surface area contributed by atoms with Gasteiger partial charge in [0.1, 0.15) is 5.75 Å². The number of benzene rings is 1. The third kappa shape index (κ3) is 7.20. The van der Waals surface area contributed by atoms with Crippen LogP contribution in [0.2, 0.25) is 0 Å². The van der Waals surface area contributed by atoms with Gasteiger partial charge < -0.3 is 11.1 Å². The van der Waals surface area contributed by atoms with Gasteiger partial charge in [-0.05, 0) is 30.5 Å². The third-order valence-electron chi connectivity index (χ3n) is 3.80. The van der Waals surface area contributed by atoms with Crippen molar-refractivity contribution >= 4 is 44.1 Å². The van der Waals surface area contributed by atoms with E-state index in [1.807, 2.05) is 13.8 Å². The number of carbonyl (C=O) groups excluding carboxylic acids is 1. The van der Waals surface area contributed by atoms with Crippen LogP contribution >= 0.6 is 28.3 Å². The Bertz CT molecular complexity index is 593. The van der Waals surface area contributed by atoms with Gasteiger partial charge in [-0.1, -0.05) is 41.9 Å². The Balaban J connectivity index is 0.00000484. The summed E-state index contributed by atoms with van der Waals surface area (Å²) < 4.78 is 25.2. The van der Waals surface area contributed by atoms with E-state index < -0.39 is 27.0 Å². The maximum atomic E-state index is 12.1. The van der Waals surface area contributed by atoms with Crippen LogP contribution in [0.25, 0.3) is 0 Å². The molecule has 132 valence electrons. The highest BCUT2D eigenvalue weighted by Crippen LogP contribution is 2.15. The summed E-state index contributed by atoms with van der Waals surface area (Å²) in [6, 6.07) is 7.00. The van der Waals surface area contributed by atoms with Crippen LogP contribution in [-0.4, -0.2) is 32.2 Å². The Morgan fingerprint density at radius 1 is 1.22 bits per heavy atom. The summed E-state index contributed by atoms with van der Waals surface area (Å²) in [5.74, 6) is -1.17. The smallest absolute Gasteiger partial charge is 0.235 e. The van der Waals surface area contributed by atoms with E-state index in [2.05, 4.69) is 21.2 Å². The number of nitrogens with two attached hydrogens (primary N) is 1. The fourth-order valence-electron chi connectivity index (χ4n) is 2.18. The molecule has 0 radical (unpaired) electrons. The van der Waals surface area contributed by atoms with Gasteiger partial charge in [0.05, 0.1) is 11.3 Å². The minimum Gasteiger partial charge on any atom is -0.349 e. The summed E-state index contributed by atoms with van der Waals surface area (Å²) >= 11 is 3.30. The molecule has 3 N–H and O–H groups in total. The van der Waals surface area contributed by atoms with Crippen molar-refractivity contribution in [1.82, 2.24) is 5.32 Å². The summed E-state index contributed by atoms with van der Waals surface area (Å²) in [6.45, 7) is 4.14. The molecule has 23 heavy (non-hydrogen) atoms. The first-order valence-electron chi connectivity index (χ1n) is 7.22. The van der Waals surface area contributed by atoms with Crippen LogP contribution in [0.15, 0.2) is 28.7 Å². The third-order valence-corrected chi connectivity index (χ3v) is 5.80. The maximum Gasteiger partial charge on any atom is 0.235 e. The van der Waals surface area contributed by atoms with Crippen molar-refractivity contribution in [3.8, 4) is 0 Å². The molecule has 0 heterocycles. The summed E-state index contributed by atoms with van der Waals surface area (Å²) in [4.78, 5) is 12.0. The number of hydrogen-bond acceptors (Lipinski definition) is 4. The molecule has 1 amide bonds. The second-order valence-corrected chi connectivity index (χ2v) is 8.38. The number of nitrogens with one attached hydrogen (secondary N) is 1. The van der Waals surface area contributed by atoms with E-state index in [1.54, 1.807) is 24.3 Å². The average Bonchev–Trinajstić information content (AvgIpc) is 2.46. The quantitative estimate of drug-likeness (QED) is 0.667. The van der Waals surface area contributed by atoms with Crippen molar-refractivity contribution in [3.05, 3.63) is 34.3 Å². The average molecular weight is 428 g/mol. The topological polar surface area (TPSA) is 89.3 Å². The van der Waals surface area contributed by atoms with E-state index in [0.717, 1.165) is 4.47 Å². The summed E-state index contributed by atoms with van der Waals surface area (Å²) in [6.07, 6.45) is 1.33. The van der Waals surface area contributed by atoms with Crippen LogP contribution < -0.4 is 11.1 Å². The molecule has 5 nitrogen and oxygen atoms in total. The molecule has 0 aliphatic heterocycles. The number of rotatable bonds is 8. The first-order valence-corrected chi connectivity index (χ1v) is 9.83. The predicted molar refractivity (Wildman–Crippen MR) is 99.4 cm³/mol. The molecular formula is C15H24BrClN2O3S.